The zero-order valence-electron chi connectivity index (χ0n) is 8.05. The van der Waals surface area contributed by atoms with E-state index in [2.05, 4.69) is 5.32 Å². The number of hydrogen-bond donors (Lipinski definition) is 2. The number of halogens is 1. The second kappa shape index (κ2) is 8.32. The van der Waals surface area contributed by atoms with E-state index in [1.165, 1.54) is 12.8 Å². The van der Waals surface area contributed by atoms with Gasteiger partial charge in [-0.2, -0.15) is 0 Å². The van der Waals surface area contributed by atoms with Crippen molar-refractivity contribution in [3.05, 3.63) is 0 Å². The number of carbonyl (C=O) groups is 1. The molecular weight excluding hydrogens is 190 g/mol. The van der Waals surface area contributed by atoms with Crippen molar-refractivity contribution in [3.8, 4) is 0 Å². The number of aliphatic carboxylic acids is 1. The fraction of sp³-hybridized carbons (Fsp3) is 0.889. The molecule has 2 N–H and O–H groups in total. The zero-order valence-corrected chi connectivity index (χ0v) is 8.81. The minimum absolute atomic E-state index is 0.222. The van der Waals surface area contributed by atoms with Gasteiger partial charge in [0, 0.05) is 12.3 Å². The first-order chi connectivity index (χ1) is 6.20. The van der Waals surface area contributed by atoms with Gasteiger partial charge < -0.3 is 10.4 Å². The van der Waals surface area contributed by atoms with Crippen LogP contribution in [0.3, 0.4) is 0 Å². The van der Waals surface area contributed by atoms with E-state index in [4.69, 9.17) is 16.7 Å². The Hall–Kier alpha value is -0.280. The van der Waals surface area contributed by atoms with Crippen LogP contribution in [0.1, 0.15) is 26.2 Å². The minimum Gasteiger partial charge on any atom is -0.481 e. The van der Waals surface area contributed by atoms with Crippen LogP contribution in [0.2, 0.25) is 0 Å². The van der Waals surface area contributed by atoms with Gasteiger partial charge in [-0.1, -0.05) is 6.92 Å². The standard InChI is InChI=1S/C6H12ClN.C3H6O2/c7-5-6-1-3-8-4-2-6;1-2-3(4)5/h6,8H,1-5H2;2H2,1H3,(H,4,5). The number of carboxylic acids is 1. The number of nitrogens with one attached hydrogen (secondary N) is 1. The third-order valence-electron chi connectivity index (χ3n) is 1.98. The summed E-state index contributed by atoms with van der Waals surface area (Å²) in [4.78, 5) is 9.37. The maximum Gasteiger partial charge on any atom is 0.303 e. The third kappa shape index (κ3) is 8.06. The van der Waals surface area contributed by atoms with E-state index in [0.717, 1.165) is 24.9 Å². The molecule has 1 fully saturated rings. The van der Waals surface area contributed by atoms with Gasteiger partial charge in [-0.25, -0.2) is 0 Å². The Balaban J connectivity index is 0.000000252. The van der Waals surface area contributed by atoms with Crippen molar-refractivity contribution in [2.75, 3.05) is 19.0 Å². The lowest BCUT2D eigenvalue weighted by molar-refractivity contribution is -0.136. The topological polar surface area (TPSA) is 49.3 Å². The third-order valence-corrected chi connectivity index (χ3v) is 2.42. The summed E-state index contributed by atoms with van der Waals surface area (Å²) in [6.07, 6.45) is 2.76. The van der Waals surface area contributed by atoms with Crippen LogP contribution < -0.4 is 5.32 Å². The molecule has 0 bridgehead atoms. The molecule has 3 nitrogen and oxygen atoms in total. The van der Waals surface area contributed by atoms with E-state index in [9.17, 15) is 4.79 Å². The second-order valence-electron chi connectivity index (χ2n) is 3.09. The van der Waals surface area contributed by atoms with E-state index < -0.39 is 5.97 Å². The zero-order chi connectivity index (χ0) is 10.1. The van der Waals surface area contributed by atoms with Crippen LogP contribution >= 0.6 is 11.6 Å². The van der Waals surface area contributed by atoms with Crippen LogP contribution in [0.15, 0.2) is 0 Å². The molecule has 0 aromatic carbocycles. The molecular formula is C9H18ClNO2. The number of piperidine rings is 1. The summed E-state index contributed by atoms with van der Waals surface area (Å²) in [6.45, 7) is 3.93. The Labute approximate surface area is 84.5 Å². The van der Waals surface area contributed by atoms with Crippen LogP contribution in [-0.2, 0) is 4.79 Å². The maximum absolute atomic E-state index is 9.37. The van der Waals surface area contributed by atoms with E-state index in [1.54, 1.807) is 6.92 Å². The van der Waals surface area contributed by atoms with Crippen molar-refractivity contribution in [2.24, 2.45) is 5.92 Å². The molecule has 1 aliphatic heterocycles. The molecule has 78 valence electrons. The highest BCUT2D eigenvalue weighted by molar-refractivity contribution is 6.18. The van der Waals surface area contributed by atoms with Crippen molar-refractivity contribution >= 4 is 17.6 Å². The lowest BCUT2D eigenvalue weighted by Gasteiger charge is -2.19. The molecule has 0 aliphatic carbocycles. The van der Waals surface area contributed by atoms with E-state index >= 15 is 0 Å². The predicted octanol–water partition coefficient (Wildman–Crippen LogP) is 1.71. The van der Waals surface area contributed by atoms with Gasteiger partial charge in [-0.15, -0.1) is 11.6 Å². The Morgan fingerprint density at radius 1 is 1.54 bits per heavy atom. The Morgan fingerprint density at radius 2 is 2.00 bits per heavy atom. The van der Waals surface area contributed by atoms with E-state index in [0.29, 0.717) is 0 Å². The normalized spacial score (nSPS) is 17.4. The first-order valence-electron chi connectivity index (χ1n) is 4.69. The summed E-state index contributed by atoms with van der Waals surface area (Å²) in [6, 6.07) is 0. The first-order valence-corrected chi connectivity index (χ1v) is 5.22. The summed E-state index contributed by atoms with van der Waals surface area (Å²) < 4.78 is 0. The summed E-state index contributed by atoms with van der Waals surface area (Å²) in [5, 5.41) is 11.0. The molecule has 0 radical (unpaired) electrons. The Kier molecular flexibility index (Phi) is 8.14. The van der Waals surface area contributed by atoms with Crippen molar-refractivity contribution in [2.45, 2.75) is 26.2 Å². The smallest absolute Gasteiger partial charge is 0.303 e. The number of rotatable bonds is 2. The molecule has 0 spiro atoms. The highest BCUT2D eigenvalue weighted by Crippen LogP contribution is 2.11. The van der Waals surface area contributed by atoms with Crippen molar-refractivity contribution in [1.29, 1.82) is 0 Å². The Bertz CT molecular complexity index is 136. The fourth-order valence-corrected chi connectivity index (χ4v) is 1.34. The minimum atomic E-state index is -0.745. The van der Waals surface area contributed by atoms with Gasteiger partial charge in [-0.05, 0) is 31.8 Å². The second-order valence-corrected chi connectivity index (χ2v) is 3.40. The highest BCUT2D eigenvalue weighted by Gasteiger charge is 2.09. The SMILES string of the molecule is CCC(=O)O.ClCC1CCNCC1. The lowest BCUT2D eigenvalue weighted by atomic mass is 10.0. The van der Waals surface area contributed by atoms with Gasteiger partial charge in [0.15, 0.2) is 0 Å². The van der Waals surface area contributed by atoms with Gasteiger partial charge in [0.2, 0.25) is 0 Å². The van der Waals surface area contributed by atoms with Crippen molar-refractivity contribution in [3.63, 3.8) is 0 Å². The van der Waals surface area contributed by atoms with Crippen LogP contribution in [0, 0.1) is 5.92 Å². The molecule has 0 unspecified atom stereocenters. The van der Waals surface area contributed by atoms with Crippen LogP contribution in [0.25, 0.3) is 0 Å². The average molecular weight is 208 g/mol. The number of hydrogen-bond acceptors (Lipinski definition) is 2. The first kappa shape index (κ1) is 12.7. The number of alkyl halides is 1. The molecule has 0 saturated carbocycles. The van der Waals surface area contributed by atoms with Gasteiger partial charge >= 0.3 is 5.97 Å². The lowest BCUT2D eigenvalue weighted by Crippen LogP contribution is -2.28. The molecule has 0 atom stereocenters. The van der Waals surface area contributed by atoms with Crippen LogP contribution in [0.5, 0.6) is 0 Å². The summed E-state index contributed by atoms with van der Waals surface area (Å²) in [7, 11) is 0. The molecule has 1 aliphatic rings. The predicted molar refractivity (Wildman–Crippen MR) is 54.2 cm³/mol. The van der Waals surface area contributed by atoms with E-state index in [-0.39, 0.29) is 6.42 Å². The van der Waals surface area contributed by atoms with E-state index in [1.807, 2.05) is 0 Å². The van der Waals surface area contributed by atoms with Gasteiger partial charge in [0.1, 0.15) is 0 Å². The fourth-order valence-electron chi connectivity index (χ4n) is 1.04. The molecule has 0 aromatic heterocycles. The molecule has 4 heteroatoms. The van der Waals surface area contributed by atoms with Crippen LogP contribution in [-0.4, -0.2) is 30.0 Å². The largest absolute Gasteiger partial charge is 0.481 e. The highest BCUT2D eigenvalue weighted by atomic mass is 35.5. The summed E-state index contributed by atoms with van der Waals surface area (Å²) in [5.74, 6) is 0.893. The molecule has 13 heavy (non-hydrogen) atoms. The molecule has 1 rings (SSSR count). The quantitative estimate of drug-likeness (QED) is 0.678. The van der Waals surface area contributed by atoms with Crippen molar-refractivity contribution < 1.29 is 9.90 Å². The molecule has 1 saturated heterocycles. The number of carboxylic acid groups (broad SMARTS) is 1. The Morgan fingerprint density at radius 3 is 2.23 bits per heavy atom. The van der Waals surface area contributed by atoms with Gasteiger partial charge in [-0.3, -0.25) is 4.79 Å². The monoisotopic (exact) mass is 207 g/mol. The van der Waals surface area contributed by atoms with Gasteiger partial charge in [0.25, 0.3) is 0 Å². The summed E-state index contributed by atoms with van der Waals surface area (Å²) in [5.41, 5.74) is 0. The molecule has 1 heterocycles. The average Bonchev–Trinajstić information content (AvgIpc) is 2.20. The molecule has 0 amide bonds. The van der Waals surface area contributed by atoms with Gasteiger partial charge in [0.05, 0.1) is 0 Å². The maximum atomic E-state index is 9.37. The van der Waals surface area contributed by atoms with Crippen LogP contribution in [0.4, 0.5) is 0 Å². The van der Waals surface area contributed by atoms with Crippen molar-refractivity contribution in [1.82, 2.24) is 5.32 Å². The molecule has 0 aromatic rings. The summed E-state index contributed by atoms with van der Waals surface area (Å²) >= 11 is 5.65.